The van der Waals surface area contributed by atoms with E-state index in [-0.39, 0.29) is 23.6 Å². The van der Waals surface area contributed by atoms with Crippen LogP contribution in [0.25, 0.3) is 0 Å². The van der Waals surface area contributed by atoms with Gasteiger partial charge in [0.15, 0.2) is 0 Å². The predicted octanol–water partition coefficient (Wildman–Crippen LogP) is 1.03. The van der Waals surface area contributed by atoms with Crippen molar-refractivity contribution in [3.05, 3.63) is 34.2 Å². The molecule has 2 rings (SSSR count). The van der Waals surface area contributed by atoms with Gasteiger partial charge in [-0.15, -0.1) is 4.91 Å². The summed E-state index contributed by atoms with van der Waals surface area (Å²) in [6.07, 6.45) is -3.43. The van der Waals surface area contributed by atoms with Gasteiger partial charge in [0, 0.05) is 30.7 Å². The molecule has 3 N–H and O–H groups in total. The molecule has 0 aliphatic heterocycles. The molecule has 0 bridgehead atoms. The first-order valence-corrected chi connectivity index (χ1v) is 7.36. The van der Waals surface area contributed by atoms with Crippen LogP contribution in [0.5, 0.6) is 5.75 Å². The third kappa shape index (κ3) is 4.43. The summed E-state index contributed by atoms with van der Waals surface area (Å²) >= 11 is 0. The van der Waals surface area contributed by atoms with Gasteiger partial charge in [0.2, 0.25) is 0 Å². The summed E-state index contributed by atoms with van der Waals surface area (Å²) in [5.74, 6) is 0.247. The topological polar surface area (TPSA) is 103 Å². The Morgan fingerprint density at radius 3 is 2.75 bits per heavy atom. The highest BCUT2D eigenvalue weighted by Gasteiger charge is 2.28. The Bertz CT molecular complexity index is 808. The molecule has 0 amide bonds. The first-order chi connectivity index (χ1) is 15.0. The molecule has 3 atom stereocenters. The van der Waals surface area contributed by atoms with E-state index >= 15 is 0 Å². The van der Waals surface area contributed by atoms with Gasteiger partial charge in [-0.2, -0.15) is 0 Å². The van der Waals surface area contributed by atoms with Crippen LogP contribution in [0.3, 0.4) is 0 Å². The summed E-state index contributed by atoms with van der Waals surface area (Å²) < 4.78 is 74.1. The maximum atomic E-state index is 11.5. The Balaban J connectivity index is 2.27. The zero-order valence-electron chi connectivity index (χ0n) is 21.8. The van der Waals surface area contributed by atoms with Crippen LogP contribution in [0.1, 0.15) is 44.0 Å². The number of β-amino-alcohol motifs (C(OH)–C–C–N with tert-alkyl or cyclic N) is 1. The van der Waals surface area contributed by atoms with Crippen LogP contribution >= 0.6 is 0 Å². The van der Waals surface area contributed by atoms with Crippen LogP contribution in [0.2, 0.25) is 0 Å². The van der Waals surface area contributed by atoms with Gasteiger partial charge >= 0.3 is 0 Å². The van der Waals surface area contributed by atoms with E-state index in [1.807, 2.05) is 0 Å². The van der Waals surface area contributed by atoms with E-state index in [9.17, 15) is 20.2 Å². The minimum Gasteiger partial charge on any atom is -0.491 e. The second-order valence-corrected chi connectivity index (χ2v) is 5.78. The van der Waals surface area contributed by atoms with E-state index in [1.165, 1.54) is 6.07 Å². The maximum absolute atomic E-state index is 11.5. The molecule has 1 aliphatic rings. The van der Waals surface area contributed by atoms with Gasteiger partial charge in [0.05, 0.1) is 29.6 Å². The molecule has 134 valence electrons. The molecule has 1 aliphatic carbocycles. The van der Waals surface area contributed by atoms with Gasteiger partial charge in [0.25, 0.3) is 0 Å². The molecular formula is C17H26N2O5. The molecule has 0 saturated carbocycles. The van der Waals surface area contributed by atoms with E-state index in [4.69, 9.17) is 17.1 Å². The van der Waals surface area contributed by atoms with Crippen molar-refractivity contribution in [2.24, 2.45) is 5.29 Å². The first-order valence-electron chi connectivity index (χ1n) is 11.9. The Labute approximate surface area is 154 Å². The van der Waals surface area contributed by atoms with Crippen molar-refractivity contribution in [1.82, 2.24) is 5.01 Å². The second-order valence-electron chi connectivity index (χ2n) is 5.78. The van der Waals surface area contributed by atoms with Crippen molar-refractivity contribution in [3.8, 4) is 5.75 Å². The smallest absolute Gasteiger partial charge is 0.123 e. The van der Waals surface area contributed by atoms with E-state index in [0.717, 1.165) is 0 Å². The zero-order chi connectivity index (χ0) is 25.4. The van der Waals surface area contributed by atoms with Crippen LogP contribution in [0, 0.1) is 4.91 Å². The van der Waals surface area contributed by atoms with Crippen LogP contribution in [-0.2, 0) is 12.8 Å². The van der Waals surface area contributed by atoms with E-state index in [2.05, 4.69) is 5.29 Å². The fourth-order valence-electron chi connectivity index (χ4n) is 2.55. The van der Waals surface area contributed by atoms with Crippen LogP contribution < -0.4 is 4.74 Å². The number of nitrogens with zero attached hydrogens (tertiary/aromatic N) is 2. The summed E-state index contributed by atoms with van der Waals surface area (Å²) in [7, 11) is 0. The molecule has 0 aromatic heterocycles. The minimum atomic E-state index is -3.70. The van der Waals surface area contributed by atoms with Gasteiger partial charge in [-0.1, -0.05) is 12.1 Å². The van der Waals surface area contributed by atoms with Crippen molar-refractivity contribution < 1.29 is 32.4 Å². The molecule has 1 aromatic carbocycles. The van der Waals surface area contributed by atoms with Crippen LogP contribution in [-0.4, -0.2) is 57.3 Å². The lowest BCUT2D eigenvalue weighted by atomic mass is 9.87. The van der Waals surface area contributed by atoms with Crippen molar-refractivity contribution in [1.29, 1.82) is 0 Å². The molecule has 24 heavy (non-hydrogen) atoms. The molecule has 0 spiro atoms. The molecule has 0 fully saturated rings. The molecule has 0 radical (unpaired) electrons. The first kappa shape index (κ1) is 9.70. The number of hydrogen-bond donors (Lipinski definition) is 3. The molecule has 3 unspecified atom stereocenters. The third-order valence-corrected chi connectivity index (χ3v) is 3.82. The van der Waals surface area contributed by atoms with Gasteiger partial charge in [-0.3, -0.25) is 5.01 Å². The molecule has 0 saturated heterocycles. The second kappa shape index (κ2) is 7.46. The molecular weight excluding hydrogens is 312 g/mol. The molecule has 0 heterocycles. The highest BCUT2D eigenvalue weighted by atomic mass is 16.5. The Morgan fingerprint density at radius 2 is 2.08 bits per heavy atom. The lowest BCUT2D eigenvalue weighted by Crippen LogP contribution is -2.43. The largest absolute Gasteiger partial charge is 0.491 e. The average Bonchev–Trinajstić information content (AvgIpc) is 2.63. The van der Waals surface area contributed by atoms with Crippen LogP contribution in [0.4, 0.5) is 0 Å². The Kier molecular flexibility index (Phi) is 3.01. The maximum Gasteiger partial charge on any atom is 0.123 e. The number of aliphatic hydroxyl groups is 3. The Morgan fingerprint density at radius 1 is 1.38 bits per heavy atom. The summed E-state index contributed by atoms with van der Waals surface area (Å²) in [5.41, 5.74) is -2.38. The number of aliphatic hydroxyl groups excluding tert-OH is 3. The minimum absolute atomic E-state index is 0.0744. The highest BCUT2D eigenvalue weighted by Crippen LogP contribution is 2.30. The molecule has 7 nitrogen and oxygen atoms in total. The predicted molar refractivity (Wildman–Crippen MR) is 89.6 cm³/mol. The standard InChI is InChI=1S/C17H26N2O5/c1-17(2,3)19(18-23)9-12(20)10-24-16-6-4-5-11-7-14(21)15(22)8-13(11)16/h4-6,12,14-15,20-22H,7-10H2,1-3H3/i1D3,2D3,3D3. The van der Waals surface area contributed by atoms with Gasteiger partial charge in [-0.05, 0) is 32.2 Å². The summed E-state index contributed by atoms with van der Waals surface area (Å²) in [6, 6.07) is 4.87. The molecule has 1 aromatic rings. The van der Waals surface area contributed by atoms with Crippen molar-refractivity contribution in [2.75, 3.05) is 13.2 Å². The zero-order valence-corrected chi connectivity index (χ0v) is 12.8. The number of hydrogen-bond acceptors (Lipinski definition) is 6. The van der Waals surface area contributed by atoms with Crippen LogP contribution in [0.15, 0.2) is 23.5 Å². The van der Waals surface area contributed by atoms with Gasteiger partial charge in [0.1, 0.15) is 18.5 Å². The van der Waals surface area contributed by atoms with Gasteiger partial charge in [-0.25, -0.2) is 0 Å². The van der Waals surface area contributed by atoms with Gasteiger partial charge < -0.3 is 20.1 Å². The monoisotopic (exact) mass is 347 g/mol. The Hall–Kier alpha value is -1.70. The number of fused-ring (bicyclic) bond motifs is 1. The lowest BCUT2D eigenvalue weighted by molar-refractivity contribution is 0.0123. The summed E-state index contributed by atoms with van der Waals surface area (Å²) in [6.45, 7) is -12.7. The summed E-state index contributed by atoms with van der Waals surface area (Å²) in [4.78, 5) is 11.5. The number of ether oxygens (including phenoxy) is 1. The average molecular weight is 347 g/mol. The summed E-state index contributed by atoms with van der Waals surface area (Å²) in [5, 5.41) is 32.3. The molecule has 7 heteroatoms. The van der Waals surface area contributed by atoms with Crippen molar-refractivity contribution in [3.63, 3.8) is 0 Å². The lowest BCUT2D eigenvalue weighted by Gasteiger charge is -2.31. The SMILES string of the molecule is [2H]C([2H])([2H])C(N(CC(O)COc1cccc2c1CC(O)C(O)C2)N=O)(C([2H])([2H])[2H])C([2H])([2H])[2H]. The van der Waals surface area contributed by atoms with E-state index in [1.54, 1.807) is 12.1 Å². The quantitative estimate of drug-likeness (QED) is 0.525. The fraction of sp³-hybridized carbons (Fsp3) is 0.647. The third-order valence-electron chi connectivity index (χ3n) is 3.82. The van der Waals surface area contributed by atoms with Crippen molar-refractivity contribution in [2.45, 2.75) is 57.2 Å². The fourth-order valence-corrected chi connectivity index (χ4v) is 2.55. The van der Waals surface area contributed by atoms with E-state index < -0.39 is 57.6 Å². The normalized spacial score (nSPS) is 28.9. The number of benzene rings is 1. The van der Waals surface area contributed by atoms with Crippen molar-refractivity contribution >= 4 is 0 Å². The number of nitroso groups, excluding NO2 is 1. The van der Waals surface area contributed by atoms with E-state index in [0.29, 0.717) is 11.1 Å². The highest BCUT2D eigenvalue weighted by molar-refractivity contribution is 5.43. The number of rotatable bonds is 6.